The van der Waals surface area contributed by atoms with Crippen LogP contribution >= 0.6 is 27.3 Å². The number of hydrogen-bond acceptors (Lipinski definition) is 4. The third-order valence-electron chi connectivity index (χ3n) is 2.63. The number of benzene rings is 1. The molecule has 0 saturated carbocycles. The molecule has 2 aromatic rings. The first kappa shape index (κ1) is 15.9. The summed E-state index contributed by atoms with van der Waals surface area (Å²) in [6.45, 7) is 3.77. The summed E-state index contributed by atoms with van der Waals surface area (Å²) in [5.74, 6) is -0.319. The first-order chi connectivity index (χ1) is 9.94. The van der Waals surface area contributed by atoms with Crippen molar-refractivity contribution in [3.05, 3.63) is 22.7 Å². The van der Waals surface area contributed by atoms with Gasteiger partial charge >= 0.3 is 0 Å². The van der Waals surface area contributed by atoms with Gasteiger partial charge in [-0.25, -0.2) is 4.98 Å². The van der Waals surface area contributed by atoms with Crippen LogP contribution in [0.2, 0.25) is 0 Å². The lowest BCUT2D eigenvalue weighted by Crippen LogP contribution is -2.30. The largest absolute Gasteiger partial charge is 0.354 e. The number of rotatable bonds is 5. The molecule has 2 rings (SSSR count). The van der Waals surface area contributed by atoms with Crippen LogP contribution in [-0.4, -0.2) is 22.8 Å². The van der Waals surface area contributed by atoms with E-state index in [1.165, 1.54) is 11.3 Å². The van der Waals surface area contributed by atoms with E-state index in [1.807, 2.05) is 32.0 Å². The quantitative estimate of drug-likeness (QED) is 0.848. The number of anilines is 1. The van der Waals surface area contributed by atoms with Crippen molar-refractivity contribution in [2.24, 2.45) is 0 Å². The minimum atomic E-state index is -0.202. The minimum Gasteiger partial charge on any atom is -0.354 e. The van der Waals surface area contributed by atoms with E-state index in [1.54, 1.807) is 0 Å². The molecule has 0 saturated heterocycles. The summed E-state index contributed by atoms with van der Waals surface area (Å²) >= 11 is 4.81. The number of fused-ring (bicyclic) bond motifs is 1. The Morgan fingerprint density at radius 3 is 2.71 bits per heavy atom. The number of thiazole rings is 1. The van der Waals surface area contributed by atoms with Crippen molar-refractivity contribution in [3.8, 4) is 0 Å². The molecule has 0 bridgehead atoms. The molecule has 0 aliphatic heterocycles. The van der Waals surface area contributed by atoms with E-state index < -0.39 is 0 Å². The van der Waals surface area contributed by atoms with Gasteiger partial charge in [-0.05, 0) is 32.0 Å². The van der Waals surface area contributed by atoms with Crippen LogP contribution in [-0.2, 0) is 9.59 Å². The highest BCUT2D eigenvalue weighted by Gasteiger charge is 2.10. The molecule has 1 heterocycles. The smallest absolute Gasteiger partial charge is 0.226 e. The lowest BCUT2D eigenvalue weighted by atomic mass is 10.2. The number of aromatic nitrogens is 1. The zero-order valence-electron chi connectivity index (χ0n) is 11.8. The number of amides is 2. The zero-order chi connectivity index (χ0) is 15.4. The fourth-order valence-electron chi connectivity index (χ4n) is 1.75. The first-order valence-electron chi connectivity index (χ1n) is 6.59. The van der Waals surface area contributed by atoms with Crippen molar-refractivity contribution in [2.75, 3.05) is 5.32 Å². The normalized spacial score (nSPS) is 10.9. The van der Waals surface area contributed by atoms with Crippen molar-refractivity contribution in [3.63, 3.8) is 0 Å². The van der Waals surface area contributed by atoms with E-state index in [0.717, 1.165) is 14.7 Å². The zero-order valence-corrected chi connectivity index (χ0v) is 14.2. The van der Waals surface area contributed by atoms with E-state index in [0.29, 0.717) is 5.13 Å². The van der Waals surface area contributed by atoms with Gasteiger partial charge in [0.15, 0.2) is 5.13 Å². The highest BCUT2D eigenvalue weighted by atomic mass is 79.9. The Labute approximate surface area is 135 Å². The predicted molar refractivity (Wildman–Crippen MR) is 88.5 cm³/mol. The predicted octanol–water partition coefficient (Wildman–Crippen LogP) is 3.30. The first-order valence-corrected chi connectivity index (χ1v) is 8.20. The third-order valence-corrected chi connectivity index (χ3v) is 4.05. The molecule has 0 unspecified atom stereocenters. The molecule has 112 valence electrons. The summed E-state index contributed by atoms with van der Waals surface area (Å²) in [6, 6.07) is 5.84. The lowest BCUT2D eigenvalue weighted by Gasteiger charge is -2.07. The van der Waals surface area contributed by atoms with Crippen LogP contribution in [0.15, 0.2) is 22.7 Å². The lowest BCUT2D eigenvalue weighted by molar-refractivity contribution is -0.124. The molecular formula is C14H16BrN3O2S. The standard InChI is InChI=1S/C14H16BrN3O2S/c1-8(2)16-12(19)5-6-13(20)18-14-17-10-4-3-9(15)7-11(10)21-14/h3-4,7-8H,5-6H2,1-2H3,(H,16,19)(H,17,18,20). The number of carbonyl (C=O) groups is 2. The number of nitrogens with zero attached hydrogens (tertiary/aromatic N) is 1. The van der Waals surface area contributed by atoms with Crippen LogP contribution < -0.4 is 10.6 Å². The topological polar surface area (TPSA) is 71.1 Å². The monoisotopic (exact) mass is 369 g/mol. The molecule has 0 spiro atoms. The second-order valence-electron chi connectivity index (χ2n) is 4.90. The Morgan fingerprint density at radius 2 is 2.00 bits per heavy atom. The molecule has 0 aliphatic carbocycles. The third kappa shape index (κ3) is 4.78. The summed E-state index contributed by atoms with van der Waals surface area (Å²) in [7, 11) is 0. The van der Waals surface area contributed by atoms with Crippen molar-refractivity contribution in [2.45, 2.75) is 32.7 Å². The number of hydrogen-bond donors (Lipinski definition) is 2. The van der Waals surface area contributed by atoms with Gasteiger partial charge < -0.3 is 10.6 Å². The van der Waals surface area contributed by atoms with Crippen LogP contribution in [0.3, 0.4) is 0 Å². The van der Waals surface area contributed by atoms with E-state index >= 15 is 0 Å². The van der Waals surface area contributed by atoms with Gasteiger partial charge in [-0.2, -0.15) is 0 Å². The van der Waals surface area contributed by atoms with E-state index in [-0.39, 0.29) is 30.7 Å². The van der Waals surface area contributed by atoms with Gasteiger partial charge in [0.05, 0.1) is 10.2 Å². The summed E-state index contributed by atoms with van der Waals surface area (Å²) in [6.07, 6.45) is 0.332. The summed E-state index contributed by atoms with van der Waals surface area (Å²) in [4.78, 5) is 27.6. The molecule has 2 amide bonds. The van der Waals surface area contributed by atoms with E-state index in [4.69, 9.17) is 0 Å². The summed E-state index contributed by atoms with van der Waals surface area (Å²) < 4.78 is 1.97. The highest BCUT2D eigenvalue weighted by Crippen LogP contribution is 2.28. The molecule has 1 aromatic carbocycles. The van der Waals surface area contributed by atoms with Crippen LogP contribution in [0.1, 0.15) is 26.7 Å². The fourth-order valence-corrected chi connectivity index (χ4v) is 3.19. The fraction of sp³-hybridized carbons (Fsp3) is 0.357. The summed E-state index contributed by atoms with van der Waals surface area (Å²) in [5, 5.41) is 6.04. The average molecular weight is 370 g/mol. The van der Waals surface area contributed by atoms with Crippen molar-refractivity contribution < 1.29 is 9.59 Å². The Hall–Kier alpha value is -1.47. The van der Waals surface area contributed by atoms with Gasteiger partial charge in [-0.1, -0.05) is 27.3 Å². The van der Waals surface area contributed by atoms with Crippen molar-refractivity contribution >= 4 is 54.4 Å². The summed E-state index contributed by atoms with van der Waals surface area (Å²) in [5.41, 5.74) is 0.844. The second-order valence-corrected chi connectivity index (χ2v) is 6.85. The minimum absolute atomic E-state index is 0.0864. The Kier molecular flexibility index (Phi) is 5.30. The Balaban J connectivity index is 1.90. The molecule has 21 heavy (non-hydrogen) atoms. The van der Waals surface area contributed by atoms with Gasteiger partial charge in [0.1, 0.15) is 0 Å². The molecule has 1 aromatic heterocycles. The molecule has 0 aliphatic rings. The number of nitrogens with one attached hydrogen (secondary N) is 2. The Bertz CT molecular complexity index is 669. The molecule has 5 nitrogen and oxygen atoms in total. The molecule has 0 fully saturated rings. The maximum absolute atomic E-state index is 11.8. The van der Waals surface area contributed by atoms with Gasteiger partial charge in [0, 0.05) is 23.4 Å². The van der Waals surface area contributed by atoms with Crippen molar-refractivity contribution in [1.29, 1.82) is 0 Å². The van der Waals surface area contributed by atoms with Gasteiger partial charge in [0.2, 0.25) is 11.8 Å². The van der Waals surface area contributed by atoms with Crippen LogP contribution in [0.25, 0.3) is 10.2 Å². The van der Waals surface area contributed by atoms with Crippen molar-refractivity contribution in [1.82, 2.24) is 10.3 Å². The van der Waals surface area contributed by atoms with Crippen LogP contribution in [0.4, 0.5) is 5.13 Å². The molecular weight excluding hydrogens is 354 g/mol. The number of carbonyl (C=O) groups excluding carboxylic acids is 2. The molecule has 2 N–H and O–H groups in total. The number of halogens is 1. The Morgan fingerprint density at radius 1 is 1.29 bits per heavy atom. The maximum atomic E-state index is 11.8. The average Bonchev–Trinajstić information content (AvgIpc) is 2.76. The SMILES string of the molecule is CC(C)NC(=O)CCC(=O)Nc1nc2ccc(Br)cc2s1. The maximum Gasteiger partial charge on any atom is 0.226 e. The van der Waals surface area contributed by atoms with E-state index in [2.05, 4.69) is 31.5 Å². The van der Waals surface area contributed by atoms with Gasteiger partial charge in [0.25, 0.3) is 0 Å². The molecule has 0 atom stereocenters. The van der Waals surface area contributed by atoms with Crippen LogP contribution in [0.5, 0.6) is 0 Å². The van der Waals surface area contributed by atoms with Crippen LogP contribution in [0, 0.1) is 0 Å². The highest BCUT2D eigenvalue weighted by molar-refractivity contribution is 9.10. The molecule has 7 heteroatoms. The van der Waals surface area contributed by atoms with Gasteiger partial charge in [-0.15, -0.1) is 0 Å². The van der Waals surface area contributed by atoms with E-state index in [9.17, 15) is 9.59 Å². The molecule has 0 radical (unpaired) electrons. The van der Waals surface area contributed by atoms with Gasteiger partial charge in [-0.3, -0.25) is 9.59 Å². The second kappa shape index (κ2) is 7.00.